The number of benzene rings is 2. The van der Waals surface area contributed by atoms with Crippen LogP contribution in [0.3, 0.4) is 0 Å². The molecule has 0 aliphatic heterocycles. The highest BCUT2D eigenvalue weighted by Crippen LogP contribution is 2.37. The Balaban J connectivity index is 1.80. The Morgan fingerprint density at radius 3 is 2.18 bits per heavy atom. The predicted octanol–water partition coefficient (Wildman–Crippen LogP) is 4.52. The van der Waals surface area contributed by atoms with E-state index in [0.717, 1.165) is 5.69 Å². The van der Waals surface area contributed by atoms with Crippen molar-refractivity contribution in [2.75, 3.05) is 7.11 Å². The number of hydrogen-bond acceptors (Lipinski definition) is 4. The molecule has 1 aliphatic rings. The Bertz CT molecular complexity index is 1210. The molecule has 136 valence electrons. The lowest BCUT2D eigenvalue weighted by Crippen LogP contribution is -2.22. The number of methoxy groups -OCH3 is 1. The van der Waals surface area contributed by atoms with Crippen molar-refractivity contribution in [1.29, 1.82) is 0 Å². The van der Waals surface area contributed by atoms with E-state index in [2.05, 4.69) is 0 Å². The van der Waals surface area contributed by atoms with Crippen molar-refractivity contribution < 1.29 is 18.7 Å². The molecule has 2 aromatic carbocycles. The van der Waals surface area contributed by atoms with Crippen molar-refractivity contribution in [3.05, 3.63) is 95.5 Å². The molecule has 0 unspecified atom stereocenters. The van der Waals surface area contributed by atoms with Crippen molar-refractivity contribution in [3.8, 4) is 22.8 Å². The highest BCUT2D eigenvalue weighted by atomic mass is 16.5. The summed E-state index contributed by atoms with van der Waals surface area (Å²) < 4.78 is 12.5. The fourth-order valence-corrected chi connectivity index (χ4v) is 3.67. The number of hydrogen-bond donors (Lipinski definition) is 0. The van der Waals surface area contributed by atoms with Gasteiger partial charge in [-0.2, -0.15) is 0 Å². The SMILES string of the molecule is COc1ccc(-n2cc(-c3ccco3)c3c2C(=O)c2ccccc2C3=O)cc1. The van der Waals surface area contributed by atoms with Gasteiger partial charge in [-0.05, 0) is 36.4 Å². The summed E-state index contributed by atoms with van der Waals surface area (Å²) in [7, 11) is 1.60. The van der Waals surface area contributed by atoms with Crippen LogP contribution in [-0.2, 0) is 0 Å². The van der Waals surface area contributed by atoms with Gasteiger partial charge in [-0.15, -0.1) is 0 Å². The average Bonchev–Trinajstić information content (AvgIpc) is 3.40. The molecule has 0 saturated heterocycles. The Labute approximate surface area is 160 Å². The highest BCUT2D eigenvalue weighted by molar-refractivity contribution is 6.30. The first-order valence-corrected chi connectivity index (χ1v) is 8.81. The van der Waals surface area contributed by atoms with Gasteiger partial charge in [-0.3, -0.25) is 9.59 Å². The monoisotopic (exact) mass is 369 g/mol. The average molecular weight is 369 g/mol. The Morgan fingerprint density at radius 1 is 0.821 bits per heavy atom. The second kappa shape index (κ2) is 6.09. The van der Waals surface area contributed by atoms with Gasteiger partial charge in [0.15, 0.2) is 5.78 Å². The van der Waals surface area contributed by atoms with Crippen LogP contribution in [0.2, 0.25) is 0 Å². The number of ether oxygens (including phenoxy) is 1. The standard InChI is InChI=1S/C23H15NO4/c1-27-15-10-8-14(9-11-15)24-13-18(19-7-4-12-28-19)20-21(24)23(26)17-6-3-2-5-16(17)22(20)25/h2-13H,1H3. The summed E-state index contributed by atoms with van der Waals surface area (Å²) in [6.07, 6.45) is 3.34. The summed E-state index contributed by atoms with van der Waals surface area (Å²) >= 11 is 0. The van der Waals surface area contributed by atoms with E-state index >= 15 is 0 Å². The zero-order valence-electron chi connectivity index (χ0n) is 15.0. The second-order valence-electron chi connectivity index (χ2n) is 6.52. The molecule has 28 heavy (non-hydrogen) atoms. The van der Waals surface area contributed by atoms with E-state index in [9.17, 15) is 9.59 Å². The third-order valence-corrected chi connectivity index (χ3v) is 5.00. The fourth-order valence-electron chi connectivity index (χ4n) is 3.67. The van der Waals surface area contributed by atoms with Crippen LogP contribution < -0.4 is 4.74 Å². The van der Waals surface area contributed by atoms with Gasteiger partial charge < -0.3 is 13.7 Å². The molecule has 4 aromatic rings. The number of rotatable bonds is 3. The van der Waals surface area contributed by atoms with Gasteiger partial charge in [0.1, 0.15) is 17.2 Å². The first kappa shape index (κ1) is 16.3. The summed E-state index contributed by atoms with van der Waals surface area (Å²) in [6.45, 7) is 0. The number of aromatic nitrogens is 1. The van der Waals surface area contributed by atoms with Crippen LogP contribution in [-0.4, -0.2) is 23.2 Å². The lowest BCUT2D eigenvalue weighted by molar-refractivity contribution is 0.0975. The maximum atomic E-state index is 13.3. The lowest BCUT2D eigenvalue weighted by Gasteiger charge is -2.17. The summed E-state index contributed by atoms with van der Waals surface area (Å²) in [4.78, 5) is 26.6. The molecule has 0 saturated carbocycles. The summed E-state index contributed by atoms with van der Waals surface area (Å²) in [6, 6.07) is 17.8. The topological polar surface area (TPSA) is 61.4 Å². The molecule has 0 bridgehead atoms. The first-order chi connectivity index (χ1) is 13.7. The molecule has 5 nitrogen and oxygen atoms in total. The van der Waals surface area contributed by atoms with Crippen LogP contribution in [0.5, 0.6) is 5.75 Å². The normalized spacial score (nSPS) is 12.6. The Morgan fingerprint density at radius 2 is 1.54 bits per heavy atom. The highest BCUT2D eigenvalue weighted by Gasteiger charge is 2.36. The minimum absolute atomic E-state index is 0.177. The van der Waals surface area contributed by atoms with E-state index in [-0.39, 0.29) is 11.6 Å². The van der Waals surface area contributed by atoms with Gasteiger partial charge in [0.2, 0.25) is 5.78 Å². The van der Waals surface area contributed by atoms with E-state index in [4.69, 9.17) is 9.15 Å². The molecular formula is C23H15NO4. The van der Waals surface area contributed by atoms with Gasteiger partial charge in [-0.1, -0.05) is 24.3 Å². The van der Waals surface area contributed by atoms with E-state index in [1.165, 1.54) is 0 Å². The number of furan rings is 1. The van der Waals surface area contributed by atoms with Crippen molar-refractivity contribution in [2.24, 2.45) is 0 Å². The van der Waals surface area contributed by atoms with Crippen LogP contribution in [0.25, 0.3) is 17.0 Å². The molecular weight excluding hydrogens is 354 g/mol. The van der Waals surface area contributed by atoms with Crippen LogP contribution in [0.15, 0.2) is 77.5 Å². The molecule has 2 heterocycles. The van der Waals surface area contributed by atoms with E-state index in [0.29, 0.717) is 39.5 Å². The van der Waals surface area contributed by atoms with Gasteiger partial charge in [0.05, 0.1) is 18.9 Å². The van der Waals surface area contributed by atoms with E-state index in [1.54, 1.807) is 60.5 Å². The number of carbonyl (C=O) groups excluding carboxylic acids is 2. The van der Waals surface area contributed by atoms with Crippen LogP contribution >= 0.6 is 0 Å². The molecule has 5 rings (SSSR count). The molecule has 0 N–H and O–H groups in total. The first-order valence-electron chi connectivity index (χ1n) is 8.81. The number of fused-ring (bicyclic) bond motifs is 2. The van der Waals surface area contributed by atoms with Gasteiger partial charge in [-0.25, -0.2) is 0 Å². The quantitative estimate of drug-likeness (QED) is 0.469. The minimum atomic E-state index is -0.182. The molecule has 0 radical (unpaired) electrons. The summed E-state index contributed by atoms with van der Waals surface area (Å²) in [5.41, 5.74) is 2.91. The smallest absolute Gasteiger partial charge is 0.211 e. The summed E-state index contributed by atoms with van der Waals surface area (Å²) in [5, 5.41) is 0. The van der Waals surface area contributed by atoms with Crippen LogP contribution in [0.4, 0.5) is 0 Å². The zero-order chi connectivity index (χ0) is 19.3. The van der Waals surface area contributed by atoms with Crippen molar-refractivity contribution in [1.82, 2.24) is 4.57 Å². The zero-order valence-corrected chi connectivity index (χ0v) is 15.0. The number of nitrogens with zero attached hydrogens (tertiary/aromatic N) is 1. The van der Waals surface area contributed by atoms with E-state index in [1.807, 2.05) is 24.3 Å². The van der Waals surface area contributed by atoms with E-state index < -0.39 is 0 Å². The third-order valence-electron chi connectivity index (χ3n) is 5.00. The predicted molar refractivity (Wildman–Crippen MR) is 103 cm³/mol. The lowest BCUT2D eigenvalue weighted by atomic mass is 9.86. The Hall–Kier alpha value is -3.86. The number of carbonyl (C=O) groups is 2. The van der Waals surface area contributed by atoms with Gasteiger partial charge in [0, 0.05) is 28.6 Å². The maximum Gasteiger partial charge on any atom is 0.211 e. The van der Waals surface area contributed by atoms with Crippen LogP contribution in [0.1, 0.15) is 32.0 Å². The molecule has 0 amide bonds. The van der Waals surface area contributed by atoms with Gasteiger partial charge in [0.25, 0.3) is 0 Å². The minimum Gasteiger partial charge on any atom is -0.497 e. The Kier molecular flexibility index (Phi) is 3.55. The molecule has 5 heteroatoms. The maximum absolute atomic E-state index is 13.3. The van der Waals surface area contributed by atoms with Gasteiger partial charge >= 0.3 is 0 Å². The number of ketones is 2. The third kappa shape index (κ3) is 2.26. The van der Waals surface area contributed by atoms with Crippen molar-refractivity contribution >= 4 is 11.6 Å². The van der Waals surface area contributed by atoms with Crippen molar-refractivity contribution in [3.63, 3.8) is 0 Å². The largest absolute Gasteiger partial charge is 0.497 e. The van der Waals surface area contributed by atoms with Crippen LogP contribution in [0, 0.1) is 0 Å². The molecule has 1 aliphatic carbocycles. The molecule has 0 fully saturated rings. The molecule has 0 spiro atoms. The molecule has 2 aromatic heterocycles. The van der Waals surface area contributed by atoms with Crippen molar-refractivity contribution in [2.45, 2.75) is 0 Å². The molecule has 0 atom stereocenters. The summed E-state index contributed by atoms with van der Waals surface area (Å²) in [5.74, 6) is 0.899. The second-order valence-corrected chi connectivity index (χ2v) is 6.52. The fraction of sp³-hybridized carbons (Fsp3) is 0.0435.